The quantitative estimate of drug-likeness (QED) is 0.631. The Hall–Kier alpha value is -3.94. The molecule has 1 aliphatic rings. The highest BCUT2D eigenvalue weighted by atomic mass is 19.1. The van der Waals surface area contributed by atoms with Gasteiger partial charge in [0.1, 0.15) is 17.6 Å². The van der Waals surface area contributed by atoms with Gasteiger partial charge in [-0.3, -0.25) is 9.59 Å². The van der Waals surface area contributed by atoms with Gasteiger partial charge in [-0.15, -0.1) is 0 Å². The third-order valence-electron chi connectivity index (χ3n) is 4.75. The summed E-state index contributed by atoms with van der Waals surface area (Å²) in [6, 6.07) is 15.6. The molecule has 1 N–H and O–H groups in total. The van der Waals surface area contributed by atoms with Crippen molar-refractivity contribution in [2.75, 3.05) is 10.2 Å². The Bertz CT molecular complexity index is 1050. The molecular weight excluding hydrogens is 389 g/mol. The molecular formula is C22H18FN3O4. The summed E-state index contributed by atoms with van der Waals surface area (Å²) in [5.74, 6) is -0.964. The lowest BCUT2D eigenvalue weighted by molar-refractivity contribution is -0.124. The van der Waals surface area contributed by atoms with Crippen LogP contribution in [0.1, 0.15) is 12.2 Å². The third kappa shape index (κ3) is 3.93. The van der Waals surface area contributed by atoms with Gasteiger partial charge in [0.2, 0.25) is 5.91 Å². The van der Waals surface area contributed by atoms with Crippen molar-refractivity contribution in [3.63, 3.8) is 0 Å². The zero-order valence-electron chi connectivity index (χ0n) is 15.8. The highest BCUT2D eigenvalue weighted by Crippen LogP contribution is 2.29. The molecule has 4 amide bonds. The highest BCUT2D eigenvalue weighted by Gasteiger charge is 2.47. The first-order chi connectivity index (χ1) is 14.5. The predicted octanol–water partition coefficient (Wildman–Crippen LogP) is 3.78. The molecule has 0 spiro atoms. The first-order valence-electron chi connectivity index (χ1n) is 9.30. The minimum absolute atomic E-state index is 0.0263. The molecule has 1 aliphatic heterocycles. The maximum atomic E-state index is 13.3. The van der Waals surface area contributed by atoms with Gasteiger partial charge in [0.05, 0.1) is 24.9 Å². The lowest BCUT2D eigenvalue weighted by Gasteiger charge is -2.20. The Balaban J connectivity index is 1.59. The van der Waals surface area contributed by atoms with Gasteiger partial charge >= 0.3 is 6.03 Å². The van der Waals surface area contributed by atoms with E-state index >= 15 is 0 Å². The van der Waals surface area contributed by atoms with Crippen molar-refractivity contribution in [1.29, 1.82) is 0 Å². The van der Waals surface area contributed by atoms with Crippen LogP contribution in [0.15, 0.2) is 77.4 Å². The Labute approximate surface area is 171 Å². The molecule has 30 heavy (non-hydrogen) atoms. The highest BCUT2D eigenvalue weighted by molar-refractivity contribution is 6.22. The van der Waals surface area contributed by atoms with Gasteiger partial charge in [-0.25, -0.2) is 14.1 Å². The average Bonchev–Trinajstić information content (AvgIpc) is 3.33. The van der Waals surface area contributed by atoms with Crippen molar-refractivity contribution in [3.05, 3.63) is 84.6 Å². The summed E-state index contributed by atoms with van der Waals surface area (Å²) >= 11 is 0. The van der Waals surface area contributed by atoms with Gasteiger partial charge in [-0.2, -0.15) is 0 Å². The van der Waals surface area contributed by atoms with Crippen LogP contribution >= 0.6 is 0 Å². The van der Waals surface area contributed by atoms with E-state index in [4.69, 9.17) is 4.42 Å². The Morgan fingerprint density at radius 1 is 1.00 bits per heavy atom. The average molecular weight is 407 g/mol. The van der Waals surface area contributed by atoms with Crippen molar-refractivity contribution in [3.8, 4) is 0 Å². The maximum Gasteiger partial charge on any atom is 0.332 e. The van der Waals surface area contributed by atoms with Crippen LogP contribution in [-0.2, 0) is 16.1 Å². The van der Waals surface area contributed by atoms with Gasteiger partial charge in [0.15, 0.2) is 0 Å². The Kier molecular flexibility index (Phi) is 5.30. The second kappa shape index (κ2) is 8.20. The van der Waals surface area contributed by atoms with Crippen LogP contribution in [0.5, 0.6) is 0 Å². The summed E-state index contributed by atoms with van der Waals surface area (Å²) in [7, 11) is 0. The molecule has 0 unspecified atom stereocenters. The number of carbonyl (C=O) groups excluding carboxylic acids is 3. The Morgan fingerprint density at radius 3 is 2.40 bits per heavy atom. The molecule has 2 aromatic carbocycles. The fourth-order valence-electron chi connectivity index (χ4n) is 3.32. The number of benzene rings is 2. The molecule has 1 atom stereocenters. The number of anilines is 2. The second-order valence-electron chi connectivity index (χ2n) is 6.77. The summed E-state index contributed by atoms with van der Waals surface area (Å²) in [6.45, 7) is 0.0263. The molecule has 7 nitrogen and oxygen atoms in total. The summed E-state index contributed by atoms with van der Waals surface area (Å²) in [5, 5.41) is 2.73. The molecule has 3 aromatic rings. The zero-order chi connectivity index (χ0) is 21.1. The topological polar surface area (TPSA) is 82.9 Å². The second-order valence-corrected chi connectivity index (χ2v) is 6.77. The molecule has 1 saturated heterocycles. The van der Waals surface area contributed by atoms with E-state index in [2.05, 4.69) is 5.32 Å². The molecule has 0 bridgehead atoms. The number of furan rings is 1. The minimum atomic E-state index is -1.02. The largest absolute Gasteiger partial charge is 0.467 e. The number of nitrogens with one attached hydrogen (secondary N) is 1. The van der Waals surface area contributed by atoms with Crippen molar-refractivity contribution in [1.82, 2.24) is 4.90 Å². The molecule has 1 aromatic heterocycles. The number of para-hydroxylation sites is 1. The number of hydrogen-bond acceptors (Lipinski definition) is 4. The number of hydrogen-bond donors (Lipinski definition) is 1. The van der Waals surface area contributed by atoms with Crippen molar-refractivity contribution in [2.24, 2.45) is 0 Å². The fraction of sp³-hybridized carbons (Fsp3) is 0.136. The van der Waals surface area contributed by atoms with E-state index in [0.29, 0.717) is 11.4 Å². The molecule has 2 heterocycles. The van der Waals surface area contributed by atoms with E-state index in [1.54, 1.807) is 36.4 Å². The van der Waals surface area contributed by atoms with Crippen molar-refractivity contribution >= 4 is 29.2 Å². The van der Waals surface area contributed by atoms with E-state index < -0.39 is 29.7 Å². The molecule has 0 aliphatic carbocycles. The lowest BCUT2D eigenvalue weighted by atomic mass is 10.1. The van der Waals surface area contributed by atoms with E-state index in [-0.39, 0.29) is 18.7 Å². The molecule has 152 valence electrons. The van der Waals surface area contributed by atoms with E-state index in [1.165, 1.54) is 35.4 Å². The zero-order valence-corrected chi connectivity index (χ0v) is 15.8. The number of nitrogens with zero attached hydrogens (tertiary/aromatic N) is 2. The Morgan fingerprint density at radius 2 is 1.73 bits per heavy atom. The van der Waals surface area contributed by atoms with Crippen LogP contribution in [0.2, 0.25) is 0 Å². The summed E-state index contributed by atoms with van der Waals surface area (Å²) in [6.07, 6.45) is 1.24. The number of rotatable bonds is 6. The number of amides is 4. The SMILES string of the molecule is O=C(C[C@@H]1C(=O)N(c2ccc(F)cc2)C(=O)N1Cc1ccco1)Nc1ccccc1. The van der Waals surface area contributed by atoms with Crippen LogP contribution in [0.3, 0.4) is 0 Å². The number of carbonyl (C=O) groups is 3. The molecule has 4 rings (SSSR count). The van der Waals surface area contributed by atoms with Gasteiger partial charge < -0.3 is 14.6 Å². The van der Waals surface area contributed by atoms with Gasteiger partial charge in [0, 0.05) is 5.69 Å². The van der Waals surface area contributed by atoms with Crippen LogP contribution in [0.25, 0.3) is 0 Å². The number of imide groups is 1. The van der Waals surface area contributed by atoms with Gasteiger partial charge in [-0.05, 0) is 48.5 Å². The summed E-state index contributed by atoms with van der Waals surface area (Å²) in [4.78, 5) is 40.9. The van der Waals surface area contributed by atoms with E-state index in [1.807, 2.05) is 6.07 Å². The van der Waals surface area contributed by atoms with Crippen LogP contribution in [-0.4, -0.2) is 28.8 Å². The van der Waals surface area contributed by atoms with Crippen molar-refractivity contribution < 1.29 is 23.2 Å². The van der Waals surface area contributed by atoms with Gasteiger partial charge in [-0.1, -0.05) is 18.2 Å². The first-order valence-corrected chi connectivity index (χ1v) is 9.30. The summed E-state index contributed by atoms with van der Waals surface area (Å²) in [5.41, 5.74) is 0.828. The van der Waals surface area contributed by atoms with E-state index in [0.717, 1.165) is 4.90 Å². The van der Waals surface area contributed by atoms with Crippen LogP contribution in [0.4, 0.5) is 20.6 Å². The number of urea groups is 1. The number of halogens is 1. The monoisotopic (exact) mass is 407 g/mol. The molecule has 8 heteroatoms. The third-order valence-corrected chi connectivity index (χ3v) is 4.75. The first kappa shape index (κ1) is 19.4. The van der Waals surface area contributed by atoms with Crippen LogP contribution in [0, 0.1) is 5.82 Å². The van der Waals surface area contributed by atoms with Crippen LogP contribution < -0.4 is 10.2 Å². The van der Waals surface area contributed by atoms with Gasteiger partial charge in [0.25, 0.3) is 5.91 Å². The van der Waals surface area contributed by atoms with Crippen molar-refractivity contribution in [2.45, 2.75) is 19.0 Å². The predicted molar refractivity (Wildman–Crippen MR) is 107 cm³/mol. The minimum Gasteiger partial charge on any atom is -0.467 e. The maximum absolute atomic E-state index is 13.3. The summed E-state index contributed by atoms with van der Waals surface area (Å²) < 4.78 is 18.6. The molecule has 1 fully saturated rings. The molecule has 0 radical (unpaired) electrons. The normalized spacial score (nSPS) is 16.2. The fourth-order valence-corrected chi connectivity index (χ4v) is 3.32. The van der Waals surface area contributed by atoms with E-state index in [9.17, 15) is 18.8 Å². The smallest absolute Gasteiger partial charge is 0.332 e. The molecule has 0 saturated carbocycles. The standard InChI is InChI=1S/C22H18FN3O4/c23-15-8-10-17(11-9-15)26-21(28)19(13-20(27)24-16-5-2-1-3-6-16)25(22(26)29)14-18-7-4-12-30-18/h1-12,19H,13-14H2,(H,24,27)/t19-/m1/s1. The lowest BCUT2D eigenvalue weighted by Crippen LogP contribution is -2.37.